The molecule has 0 saturated carbocycles. The molecule has 0 radical (unpaired) electrons. The van der Waals surface area contributed by atoms with Gasteiger partial charge in [-0.15, -0.1) is 0 Å². The Morgan fingerprint density at radius 3 is 2.09 bits per heavy atom. The highest BCUT2D eigenvalue weighted by Gasteiger charge is 2.16. The van der Waals surface area contributed by atoms with Crippen molar-refractivity contribution in [3.8, 4) is 0 Å². The van der Waals surface area contributed by atoms with Gasteiger partial charge in [-0.05, 0) is 31.2 Å². The highest BCUT2D eigenvalue weighted by atomic mass is 16.2. The number of para-hydroxylation sites is 1. The molecule has 23 heavy (non-hydrogen) atoms. The maximum atomic E-state index is 12.3. The van der Waals surface area contributed by atoms with Crippen molar-refractivity contribution in [3.05, 3.63) is 60.2 Å². The third-order valence-corrected chi connectivity index (χ3v) is 3.79. The number of carbonyl (C=O) groups excluding carboxylic acids is 2. The van der Waals surface area contributed by atoms with Crippen LogP contribution in [0.1, 0.15) is 18.9 Å². The lowest BCUT2D eigenvalue weighted by Gasteiger charge is -2.23. The maximum Gasteiger partial charge on any atom is 0.228 e. The Balaban J connectivity index is 2.03. The van der Waals surface area contributed by atoms with E-state index in [0.29, 0.717) is 6.54 Å². The molecule has 4 heteroatoms. The highest BCUT2D eigenvalue weighted by Crippen LogP contribution is 2.17. The summed E-state index contributed by atoms with van der Waals surface area (Å²) in [5.74, 6) is -0.0846. The fourth-order valence-electron chi connectivity index (χ4n) is 2.36. The fourth-order valence-corrected chi connectivity index (χ4v) is 2.36. The van der Waals surface area contributed by atoms with Crippen LogP contribution in [-0.2, 0) is 9.59 Å². The average Bonchev–Trinajstić information content (AvgIpc) is 2.56. The van der Waals surface area contributed by atoms with Crippen LogP contribution >= 0.6 is 0 Å². The molecule has 2 amide bonds. The predicted molar refractivity (Wildman–Crippen MR) is 93.7 cm³/mol. The number of carbonyl (C=O) groups is 2. The number of nitrogens with zero attached hydrogens (tertiary/aromatic N) is 2. The highest BCUT2D eigenvalue weighted by molar-refractivity contribution is 5.95. The minimum atomic E-state index is -0.0657. The SMILES string of the molecule is CC(=O)N(CCC(=O)N(C)c1ccccc1)c1ccc(C)cc1. The standard InChI is InChI=1S/C19H22N2O2/c1-15-9-11-18(12-10-15)21(16(2)22)14-13-19(23)20(3)17-7-5-4-6-8-17/h4-12H,13-14H2,1-3H3. The van der Waals surface area contributed by atoms with Crippen LogP contribution in [-0.4, -0.2) is 25.4 Å². The van der Waals surface area contributed by atoms with Crippen molar-refractivity contribution in [1.29, 1.82) is 0 Å². The van der Waals surface area contributed by atoms with Gasteiger partial charge >= 0.3 is 0 Å². The van der Waals surface area contributed by atoms with E-state index in [-0.39, 0.29) is 18.2 Å². The molecule has 0 saturated heterocycles. The third kappa shape index (κ3) is 4.42. The van der Waals surface area contributed by atoms with Crippen LogP contribution in [0.4, 0.5) is 11.4 Å². The smallest absolute Gasteiger partial charge is 0.228 e. The Hall–Kier alpha value is -2.62. The second-order valence-corrected chi connectivity index (χ2v) is 5.54. The van der Waals surface area contributed by atoms with E-state index in [2.05, 4.69) is 0 Å². The van der Waals surface area contributed by atoms with Crippen molar-refractivity contribution in [3.63, 3.8) is 0 Å². The Labute approximate surface area is 137 Å². The summed E-state index contributed by atoms with van der Waals surface area (Å²) >= 11 is 0. The van der Waals surface area contributed by atoms with E-state index in [1.165, 1.54) is 6.92 Å². The molecule has 0 unspecified atom stereocenters. The van der Waals surface area contributed by atoms with Crippen molar-refractivity contribution >= 4 is 23.2 Å². The molecule has 0 spiro atoms. The van der Waals surface area contributed by atoms with E-state index in [1.807, 2.05) is 61.5 Å². The van der Waals surface area contributed by atoms with Gasteiger partial charge in [-0.3, -0.25) is 9.59 Å². The van der Waals surface area contributed by atoms with Crippen molar-refractivity contribution in [2.45, 2.75) is 20.3 Å². The van der Waals surface area contributed by atoms with E-state index in [1.54, 1.807) is 16.8 Å². The zero-order chi connectivity index (χ0) is 16.8. The molecule has 0 heterocycles. The summed E-state index contributed by atoms with van der Waals surface area (Å²) in [6.07, 6.45) is 0.277. The number of benzene rings is 2. The number of hydrogen-bond donors (Lipinski definition) is 0. The van der Waals surface area contributed by atoms with Gasteiger partial charge in [0, 0.05) is 38.3 Å². The third-order valence-electron chi connectivity index (χ3n) is 3.79. The molecule has 4 nitrogen and oxygen atoms in total. The first-order chi connectivity index (χ1) is 11.0. The van der Waals surface area contributed by atoms with Gasteiger partial charge in [-0.2, -0.15) is 0 Å². The number of hydrogen-bond acceptors (Lipinski definition) is 2. The average molecular weight is 310 g/mol. The summed E-state index contributed by atoms with van der Waals surface area (Å²) in [5.41, 5.74) is 2.80. The molecule has 120 valence electrons. The van der Waals surface area contributed by atoms with Gasteiger partial charge in [-0.25, -0.2) is 0 Å². The van der Waals surface area contributed by atoms with Crippen LogP contribution in [0.25, 0.3) is 0 Å². The summed E-state index contributed by atoms with van der Waals surface area (Å²) in [6.45, 7) is 3.89. The second kappa shape index (κ2) is 7.58. The van der Waals surface area contributed by atoms with Crippen LogP contribution in [0.2, 0.25) is 0 Å². The lowest BCUT2D eigenvalue weighted by Crippen LogP contribution is -2.34. The largest absolute Gasteiger partial charge is 0.315 e. The van der Waals surface area contributed by atoms with Crippen molar-refractivity contribution in [1.82, 2.24) is 0 Å². The molecule has 0 atom stereocenters. The molecular weight excluding hydrogens is 288 g/mol. The van der Waals surface area contributed by atoms with Gasteiger partial charge in [0.05, 0.1) is 0 Å². The molecular formula is C19H22N2O2. The van der Waals surface area contributed by atoms with Crippen LogP contribution in [0, 0.1) is 6.92 Å². The van der Waals surface area contributed by atoms with Gasteiger partial charge in [0.15, 0.2) is 0 Å². The lowest BCUT2D eigenvalue weighted by atomic mass is 10.2. The molecule has 0 aromatic heterocycles. The Morgan fingerprint density at radius 2 is 1.52 bits per heavy atom. The molecule has 2 aromatic carbocycles. The van der Waals surface area contributed by atoms with E-state index >= 15 is 0 Å². The summed E-state index contributed by atoms with van der Waals surface area (Å²) in [4.78, 5) is 27.5. The summed E-state index contributed by atoms with van der Waals surface area (Å²) < 4.78 is 0. The van der Waals surface area contributed by atoms with Crippen molar-refractivity contribution < 1.29 is 9.59 Å². The van der Waals surface area contributed by atoms with Crippen LogP contribution in [0.15, 0.2) is 54.6 Å². The minimum Gasteiger partial charge on any atom is -0.315 e. The molecule has 2 aromatic rings. The summed E-state index contributed by atoms with van der Waals surface area (Å²) in [6, 6.07) is 17.2. The summed E-state index contributed by atoms with van der Waals surface area (Å²) in [7, 11) is 1.75. The van der Waals surface area contributed by atoms with Crippen molar-refractivity contribution in [2.24, 2.45) is 0 Å². The van der Waals surface area contributed by atoms with Gasteiger partial charge in [0.1, 0.15) is 0 Å². The monoisotopic (exact) mass is 310 g/mol. The number of amides is 2. The fraction of sp³-hybridized carbons (Fsp3) is 0.263. The molecule has 0 aliphatic rings. The molecule has 0 aliphatic carbocycles. The topological polar surface area (TPSA) is 40.6 Å². The number of aryl methyl sites for hydroxylation is 1. The van der Waals surface area contributed by atoms with E-state index in [4.69, 9.17) is 0 Å². The van der Waals surface area contributed by atoms with E-state index in [0.717, 1.165) is 16.9 Å². The molecule has 0 bridgehead atoms. The number of rotatable bonds is 5. The lowest BCUT2D eigenvalue weighted by molar-refractivity contribution is -0.118. The first kappa shape index (κ1) is 16.7. The van der Waals surface area contributed by atoms with Gasteiger partial charge < -0.3 is 9.80 Å². The molecule has 2 rings (SSSR count). The Bertz CT molecular complexity index is 666. The van der Waals surface area contributed by atoms with E-state index < -0.39 is 0 Å². The molecule has 0 N–H and O–H groups in total. The van der Waals surface area contributed by atoms with Gasteiger partial charge in [-0.1, -0.05) is 35.9 Å². The normalized spacial score (nSPS) is 10.2. The predicted octanol–water partition coefficient (Wildman–Crippen LogP) is 3.40. The zero-order valence-electron chi connectivity index (χ0n) is 13.8. The molecule has 0 fully saturated rings. The van der Waals surface area contributed by atoms with Gasteiger partial charge in [0.25, 0.3) is 0 Å². The number of anilines is 2. The first-order valence-corrected chi connectivity index (χ1v) is 7.65. The van der Waals surface area contributed by atoms with Crippen LogP contribution in [0.3, 0.4) is 0 Å². The molecule has 0 aliphatic heterocycles. The van der Waals surface area contributed by atoms with Crippen LogP contribution < -0.4 is 9.80 Å². The van der Waals surface area contributed by atoms with Gasteiger partial charge in [0.2, 0.25) is 11.8 Å². The Kier molecular flexibility index (Phi) is 5.52. The second-order valence-electron chi connectivity index (χ2n) is 5.54. The minimum absolute atomic E-state index is 0.0189. The zero-order valence-corrected chi connectivity index (χ0v) is 13.8. The first-order valence-electron chi connectivity index (χ1n) is 7.65. The van der Waals surface area contributed by atoms with E-state index in [9.17, 15) is 9.59 Å². The van der Waals surface area contributed by atoms with Crippen molar-refractivity contribution in [2.75, 3.05) is 23.4 Å². The maximum absolute atomic E-state index is 12.3. The summed E-state index contributed by atoms with van der Waals surface area (Å²) in [5, 5.41) is 0. The Morgan fingerprint density at radius 1 is 0.913 bits per heavy atom. The van der Waals surface area contributed by atoms with Crippen LogP contribution in [0.5, 0.6) is 0 Å². The quantitative estimate of drug-likeness (QED) is 0.849.